The number of likely N-dealkylation sites (tertiary alicyclic amines) is 1. The van der Waals surface area contributed by atoms with E-state index in [0.29, 0.717) is 24.3 Å². The minimum atomic E-state index is -0.712. The Labute approximate surface area is 160 Å². The SMILES string of the molecule is COC(=O)COc1c(C)cc(CN2C(C(=O)O)CC3CCCCC32)cc1C. The second-order valence-electron chi connectivity index (χ2n) is 7.80. The molecule has 2 aliphatic rings. The Morgan fingerprint density at radius 3 is 2.48 bits per heavy atom. The fourth-order valence-corrected chi connectivity index (χ4v) is 4.78. The average Bonchev–Trinajstić information content (AvgIpc) is 2.99. The first-order valence-corrected chi connectivity index (χ1v) is 9.69. The van der Waals surface area contributed by atoms with E-state index in [4.69, 9.17) is 4.74 Å². The van der Waals surface area contributed by atoms with E-state index in [9.17, 15) is 14.7 Å². The number of carbonyl (C=O) groups is 2. The van der Waals surface area contributed by atoms with Crippen LogP contribution in [0, 0.1) is 19.8 Å². The van der Waals surface area contributed by atoms with Gasteiger partial charge in [-0.15, -0.1) is 0 Å². The zero-order chi connectivity index (χ0) is 19.6. The molecule has 3 rings (SSSR count). The van der Waals surface area contributed by atoms with Gasteiger partial charge in [0, 0.05) is 12.6 Å². The topological polar surface area (TPSA) is 76.1 Å². The van der Waals surface area contributed by atoms with Gasteiger partial charge in [-0.25, -0.2) is 4.79 Å². The normalized spacial score (nSPS) is 25.1. The van der Waals surface area contributed by atoms with Gasteiger partial charge in [-0.1, -0.05) is 25.0 Å². The van der Waals surface area contributed by atoms with Crippen molar-refractivity contribution in [2.24, 2.45) is 5.92 Å². The molecule has 1 aromatic carbocycles. The molecule has 1 saturated heterocycles. The molecule has 27 heavy (non-hydrogen) atoms. The van der Waals surface area contributed by atoms with Gasteiger partial charge < -0.3 is 14.6 Å². The van der Waals surface area contributed by atoms with Crippen LogP contribution >= 0.6 is 0 Å². The third-order valence-corrected chi connectivity index (χ3v) is 5.95. The number of rotatable bonds is 6. The maximum atomic E-state index is 11.8. The number of benzene rings is 1. The molecule has 0 aromatic heterocycles. The molecule has 2 fully saturated rings. The zero-order valence-corrected chi connectivity index (χ0v) is 16.4. The quantitative estimate of drug-likeness (QED) is 0.770. The maximum Gasteiger partial charge on any atom is 0.343 e. The Balaban J connectivity index is 1.77. The van der Waals surface area contributed by atoms with E-state index < -0.39 is 18.0 Å². The lowest BCUT2D eigenvalue weighted by atomic mass is 9.84. The highest BCUT2D eigenvalue weighted by Crippen LogP contribution is 2.41. The third-order valence-electron chi connectivity index (χ3n) is 5.95. The molecular weight excluding hydrogens is 346 g/mol. The molecule has 6 heteroatoms. The number of hydrogen-bond donors (Lipinski definition) is 1. The van der Waals surface area contributed by atoms with E-state index in [1.807, 2.05) is 26.0 Å². The van der Waals surface area contributed by atoms with Crippen molar-refractivity contribution in [1.82, 2.24) is 4.90 Å². The molecule has 1 aromatic rings. The molecule has 0 amide bonds. The number of aryl methyl sites for hydroxylation is 2. The summed E-state index contributed by atoms with van der Waals surface area (Å²) in [5.74, 6) is 0.0686. The van der Waals surface area contributed by atoms with Crippen LogP contribution in [0.5, 0.6) is 5.75 Å². The van der Waals surface area contributed by atoms with Crippen LogP contribution in [0.1, 0.15) is 48.8 Å². The van der Waals surface area contributed by atoms with Gasteiger partial charge in [-0.2, -0.15) is 0 Å². The maximum absolute atomic E-state index is 11.8. The lowest BCUT2D eigenvalue weighted by Gasteiger charge is -2.33. The van der Waals surface area contributed by atoms with Crippen LogP contribution in [0.3, 0.4) is 0 Å². The molecule has 0 bridgehead atoms. The van der Waals surface area contributed by atoms with E-state index in [2.05, 4.69) is 9.64 Å². The highest BCUT2D eigenvalue weighted by molar-refractivity contribution is 5.74. The molecule has 1 saturated carbocycles. The van der Waals surface area contributed by atoms with Gasteiger partial charge in [0.05, 0.1) is 7.11 Å². The van der Waals surface area contributed by atoms with Crippen molar-refractivity contribution >= 4 is 11.9 Å². The lowest BCUT2D eigenvalue weighted by molar-refractivity contribution is -0.143. The van der Waals surface area contributed by atoms with E-state index in [-0.39, 0.29) is 6.61 Å². The van der Waals surface area contributed by atoms with E-state index >= 15 is 0 Å². The van der Waals surface area contributed by atoms with Crippen LogP contribution in [0.2, 0.25) is 0 Å². The summed E-state index contributed by atoms with van der Waals surface area (Å²) >= 11 is 0. The van der Waals surface area contributed by atoms with Crippen molar-refractivity contribution < 1.29 is 24.2 Å². The van der Waals surface area contributed by atoms with Gasteiger partial charge in [0.1, 0.15) is 11.8 Å². The Hall–Kier alpha value is -2.08. The van der Waals surface area contributed by atoms with Crippen LogP contribution in [0.15, 0.2) is 12.1 Å². The smallest absolute Gasteiger partial charge is 0.343 e. The number of methoxy groups -OCH3 is 1. The summed E-state index contributed by atoms with van der Waals surface area (Å²) in [5.41, 5.74) is 2.98. The molecule has 1 aliphatic carbocycles. The van der Waals surface area contributed by atoms with Crippen molar-refractivity contribution in [2.75, 3.05) is 13.7 Å². The fourth-order valence-electron chi connectivity index (χ4n) is 4.78. The zero-order valence-electron chi connectivity index (χ0n) is 16.4. The number of hydrogen-bond acceptors (Lipinski definition) is 5. The molecule has 148 valence electrons. The summed E-state index contributed by atoms with van der Waals surface area (Å²) < 4.78 is 10.2. The number of ether oxygens (including phenoxy) is 2. The molecule has 1 N–H and O–H groups in total. The summed E-state index contributed by atoms with van der Waals surface area (Å²) in [6.07, 6.45) is 5.39. The Morgan fingerprint density at radius 1 is 1.19 bits per heavy atom. The van der Waals surface area contributed by atoms with Gasteiger partial charge >= 0.3 is 11.9 Å². The highest BCUT2D eigenvalue weighted by Gasteiger charge is 2.45. The molecule has 3 unspecified atom stereocenters. The van der Waals surface area contributed by atoms with Crippen molar-refractivity contribution in [3.8, 4) is 5.75 Å². The number of carboxylic acids is 1. The first-order valence-electron chi connectivity index (χ1n) is 9.69. The predicted molar refractivity (Wildman–Crippen MR) is 101 cm³/mol. The summed E-state index contributed by atoms with van der Waals surface area (Å²) in [4.78, 5) is 25.3. The lowest BCUT2D eigenvalue weighted by Crippen LogP contribution is -2.41. The number of aliphatic carboxylic acids is 1. The summed E-state index contributed by atoms with van der Waals surface area (Å²) in [7, 11) is 1.34. The Morgan fingerprint density at radius 2 is 1.85 bits per heavy atom. The first kappa shape index (κ1) is 19.7. The van der Waals surface area contributed by atoms with E-state index in [0.717, 1.165) is 36.0 Å². The van der Waals surface area contributed by atoms with E-state index in [1.165, 1.54) is 20.0 Å². The number of carboxylic acid groups (broad SMARTS) is 1. The fraction of sp³-hybridized carbons (Fsp3) is 0.619. The van der Waals surface area contributed by atoms with Crippen LogP contribution in [0.25, 0.3) is 0 Å². The number of fused-ring (bicyclic) bond motifs is 1. The van der Waals surface area contributed by atoms with Gasteiger partial charge in [0.2, 0.25) is 0 Å². The van der Waals surface area contributed by atoms with Crippen molar-refractivity contribution in [3.05, 3.63) is 28.8 Å². The average molecular weight is 375 g/mol. The minimum Gasteiger partial charge on any atom is -0.481 e. The molecule has 3 atom stereocenters. The first-order chi connectivity index (χ1) is 12.9. The summed E-state index contributed by atoms with van der Waals surface area (Å²) in [5, 5.41) is 9.70. The number of carbonyl (C=O) groups excluding carboxylic acids is 1. The highest BCUT2D eigenvalue weighted by atomic mass is 16.6. The van der Waals surface area contributed by atoms with Crippen LogP contribution < -0.4 is 4.74 Å². The Kier molecular flexibility index (Phi) is 6.05. The molecular formula is C21H29NO5. The summed E-state index contributed by atoms with van der Waals surface area (Å²) in [6.45, 7) is 4.42. The summed E-state index contributed by atoms with van der Waals surface area (Å²) in [6, 6.07) is 4.05. The molecule has 0 radical (unpaired) electrons. The van der Waals surface area contributed by atoms with Gasteiger partial charge in [-0.3, -0.25) is 9.69 Å². The molecule has 1 aliphatic heterocycles. The molecule has 0 spiro atoms. The van der Waals surface area contributed by atoms with Crippen molar-refractivity contribution in [2.45, 2.75) is 64.6 Å². The second-order valence-corrected chi connectivity index (χ2v) is 7.80. The standard InChI is InChI=1S/C21H29NO5/c1-13-8-15(9-14(2)20(13)27-12-19(23)26-3)11-22-17-7-5-4-6-16(17)10-18(22)21(24)25/h8-9,16-18H,4-7,10-12H2,1-3H3,(H,24,25). The van der Waals surface area contributed by atoms with E-state index in [1.54, 1.807) is 0 Å². The predicted octanol–water partition coefficient (Wildman–Crippen LogP) is 3.07. The number of nitrogens with zero attached hydrogens (tertiary/aromatic N) is 1. The third kappa shape index (κ3) is 4.26. The largest absolute Gasteiger partial charge is 0.481 e. The minimum absolute atomic E-state index is 0.117. The number of esters is 1. The van der Waals surface area contributed by atoms with Crippen LogP contribution in [-0.2, 0) is 20.9 Å². The second kappa shape index (κ2) is 8.30. The Bertz CT molecular complexity index is 694. The van der Waals surface area contributed by atoms with Crippen molar-refractivity contribution in [3.63, 3.8) is 0 Å². The molecule has 1 heterocycles. The van der Waals surface area contributed by atoms with Crippen LogP contribution in [-0.4, -0.2) is 47.7 Å². The monoisotopic (exact) mass is 375 g/mol. The van der Waals surface area contributed by atoms with Gasteiger partial charge in [0.25, 0.3) is 0 Å². The van der Waals surface area contributed by atoms with Gasteiger partial charge in [-0.05, 0) is 55.7 Å². The van der Waals surface area contributed by atoms with Crippen molar-refractivity contribution in [1.29, 1.82) is 0 Å². The van der Waals surface area contributed by atoms with Crippen LogP contribution in [0.4, 0.5) is 0 Å². The molecule has 6 nitrogen and oxygen atoms in total. The van der Waals surface area contributed by atoms with Gasteiger partial charge in [0.15, 0.2) is 6.61 Å².